The van der Waals surface area contributed by atoms with Gasteiger partial charge in [-0.3, -0.25) is 0 Å². The molecule has 0 amide bonds. The molecule has 2 nitrogen and oxygen atoms in total. The van der Waals surface area contributed by atoms with Crippen molar-refractivity contribution in [1.82, 2.24) is 0 Å². The van der Waals surface area contributed by atoms with Crippen molar-refractivity contribution in [3.8, 4) is 11.5 Å². The molecule has 2 aromatic rings. The third-order valence-electron chi connectivity index (χ3n) is 2.36. The summed E-state index contributed by atoms with van der Waals surface area (Å²) in [5.74, 6) is -0.670. The van der Waals surface area contributed by atoms with E-state index in [1.54, 1.807) is 12.1 Å². The second-order valence-corrected chi connectivity index (χ2v) is 4.59. The van der Waals surface area contributed by atoms with Gasteiger partial charge in [-0.05, 0) is 36.0 Å². The van der Waals surface area contributed by atoms with Gasteiger partial charge in [-0.2, -0.15) is 0 Å². The minimum Gasteiger partial charge on any atom is -0.441 e. The number of thioether (sulfide) groups is 1. The molecule has 5 heteroatoms. The summed E-state index contributed by atoms with van der Waals surface area (Å²) in [7, 11) is 0. The van der Waals surface area contributed by atoms with E-state index in [2.05, 4.69) is 6.07 Å². The molecule has 0 bridgehead atoms. The largest absolute Gasteiger partial charge is 0.441 e. The monoisotopic (exact) mass is 265 g/mol. The van der Waals surface area contributed by atoms with Gasteiger partial charge >= 0.3 is 0 Å². The molecule has 1 aliphatic rings. The van der Waals surface area contributed by atoms with Crippen LogP contribution in [0.15, 0.2) is 41.3 Å². The molecule has 2 aromatic carbocycles. The topological polar surface area (TPSA) is 18.5 Å². The Balaban J connectivity index is 1.78. The van der Waals surface area contributed by atoms with Gasteiger partial charge in [0.15, 0.2) is 23.1 Å². The van der Waals surface area contributed by atoms with Crippen molar-refractivity contribution in [1.29, 1.82) is 0 Å². The predicted octanol–water partition coefficient (Wildman–Crippen LogP) is 3.61. The van der Waals surface area contributed by atoms with Crippen molar-refractivity contribution < 1.29 is 18.3 Å². The van der Waals surface area contributed by atoms with Crippen molar-refractivity contribution >= 4 is 11.8 Å². The van der Waals surface area contributed by atoms with Gasteiger partial charge < -0.3 is 9.47 Å². The molecule has 0 atom stereocenters. The lowest BCUT2D eigenvalue weighted by Gasteiger charge is -2.09. The van der Waals surface area contributed by atoms with Gasteiger partial charge in [-0.25, -0.2) is 8.78 Å². The molecule has 0 unspecified atom stereocenters. The van der Waals surface area contributed by atoms with Crippen LogP contribution >= 0.6 is 11.8 Å². The van der Waals surface area contributed by atoms with Gasteiger partial charge in [-0.1, -0.05) is 18.2 Å². The van der Waals surface area contributed by atoms with Crippen molar-refractivity contribution in [2.45, 2.75) is 10.5 Å². The third-order valence-corrected chi connectivity index (χ3v) is 3.28. The third kappa shape index (κ3) is 2.01. The first-order valence-corrected chi connectivity index (χ1v) is 6.07. The zero-order valence-electron chi connectivity index (χ0n) is 9.02. The van der Waals surface area contributed by atoms with E-state index >= 15 is 0 Å². The number of para-hydroxylation sites is 2. The van der Waals surface area contributed by atoms with Gasteiger partial charge in [0.1, 0.15) is 0 Å². The molecule has 0 aliphatic carbocycles. The maximum absolute atomic E-state index is 13.4. The van der Waals surface area contributed by atoms with Gasteiger partial charge in [-0.15, -0.1) is 0 Å². The fourth-order valence-electron chi connectivity index (χ4n) is 1.54. The van der Waals surface area contributed by atoms with Gasteiger partial charge in [0.25, 0.3) is 5.62 Å². The van der Waals surface area contributed by atoms with E-state index < -0.39 is 17.3 Å². The summed E-state index contributed by atoms with van der Waals surface area (Å²) in [6.45, 7) is 0. The fourth-order valence-corrected chi connectivity index (χ4v) is 2.37. The maximum atomic E-state index is 13.4. The molecule has 1 radical (unpaired) electrons. The summed E-state index contributed by atoms with van der Waals surface area (Å²) < 4.78 is 37.3. The first-order valence-electron chi connectivity index (χ1n) is 5.19. The number of hydrogen-bond acceptors (Lipinski definition) is 3. The lowest BCUT2D eigenvalue weighted by atomic mass is 10.3. The van der Waals surface area contributed by atoms with Crippen molar-refractivity contribution in [2.24, 2.45) is 0 Å². The van der Waals surface area contributed by atoms with Crippen LogP contribution in [0, 0.1) is 17.7 Å². The molecule has 0 spiro atoms. The van der Waals surface area contributed by atoms with Crippen LogP contribution in [0.2, 0.25) is 0 Å². The minimum absolute atomic E-state index is 0.0350. The average Bonchev–Trinajstić information content (AvgIpc) is 2.77. The normalized spacial score (nSPS) is 13.9. The summed E-state index contributed by atoms with van der Waals surface area (Å²) in [4.78, 5) is 0.0350. The lowest BCUT2D eigenvalue weighted by molar-refractivity contribution is 0.136. The lowest BCUT2D eigenvalue weighted by Crippen LogP contribution is -2.13. The van der Waals surface area contributed by atoms with Crippen molar-refractivity contribution in [2.75, 3.05) is 0 Å². The zero-order valence-corrected chi connectivity index (χ0v) is 9.84. The highest BCUT2D eigenvalue weighted by Crippen LogP contribution is 2.40. The van der Waals surface area contributed by atoms with Crippen molar-refractivity contribution in [3.63, 3.8) is 0 Å². The van der Waals surface area contributed by atoms with Crippen LogP contribution < -0.4 is 9.47 Å². The Kier molecular flexibility index (Phi) is 2.83. The highest BCUT2D eigenvalue weighted by Gasteiger charge is 2.26. The van der Waals surface area contributed by atoms with Crippen LogP contribution in [0.1, 0.15) is 0 Å². The average molecular weight is 265 g/mol. The number of ether oxygens (including phenoxy) is 2. The molecule has 1 heterocycles. The summed E-state index contributed by atoms with van der Waals surface area (Å²) in [6.07, 6.45) is 0. The molecular formula is C13H7F2O2S. The van der Waals surface area contributed by atoms with Gasteiger partial charge in [0.2, 0.25) is 0 Å². The number of rotatable bonds is 2. The van der Waals surface area contributed by atoms with Gasteiger partial charge in [0.05, 0.1) is 4.90 Å². The second kappa shape index (κ2) is 4.49. The number of halogens is 2. The Labute approximate surface area is 107 Å². The Morgan fingerprint density at radius 1 is 1.06 bits per heavy atom. The number of hydrogen-bond donors (Lipinski definition) is 0. The predicted molar refractivity (Wildman–Crippen MR) is 62.5 cm³/mol. The fraction of sp³-hybridized carbons (Fsp3) is 0.0769. The summed E-state index contributed by atoms with van der Waals surface area (Å²) in [6, 6.07) is 12.1. The molecule has 91 valence electrons. The van der Waals surface area contributed by atoms with E-state index in [0.717, 1.165) is 17.8 Å². The maximum Gasteiger partial charge on any atom is 0.295 e. The quantitative estimate of drug-likeness (QED) is 0.826. The second-order valence-electron chi connectivity index (χ2n) is 3.56. The van der Waals surface area contributed by atoms with E-state index in [0.29, 0.717) is 11.5 Å². The van der Waals surface area contributed by atoms with Crippen LogP contribution in [0.4, 0.5) is 8.78 Å². The molecule has 0 fully saturated rings. The van der Waals surface area contributed by atoms with E-state index in [9.17, 15) is 8.78 Å². The van der Waals surface area contributed by atoms with Crippen molar-refractivity contribution in [3.05, 3.63) is 54.1 Å². The Morgan fingerprint density at radius 2 is 1.72 bits per heavy atom. The molecule has 0 N–H and O–H groups in total. The standard InChI is InChI=1S/C13H7F2O2S/c14-8-4-3-7-11(12(8)15)18-13-16-9-5-1-2-6-10(9)17-13/h1-6,13H. The SMILES string of the molecule is Fc1cc[c]c(SC2Oc3ccccc3O2)c1F. The van der Waals surface area contributed by atoms with Crippen LogP contribution in [-0.4, -0.2) is 5.62 Å². The summed E-state index contributed by atoms with van der Waals surface area (Å²) in [5.41, 5.74) is -0.727. The molecule has 0 aromatic heterocycles. The summed E-state index contributed by atoms with van der Waals surface area (Å²) >= 11 is 0.934. The smallest absolute Gasteiger partial charge is 0.295 e. The molecule has 0 saturated heterocycles. The van der Waals surface area contributed by atoms with Crippen LogP contribution in [-0.2, 0) is 0 Å². The Hall–Kier alpha value is -1.75. The molecular weight excluding hydrogens is 258 g/mol. The molecule has 18 heavy (non-hydrogen) atoms. The molecule has 1 aliphatic heterocycles. The van der Waals surface area contributed by atoms with Gasteiger partial charge in [0, 0.05) is 0 Å². The van der Waals surface area contributed by atoms with E-state index in [-0.39, 0.29) is 4.90 Å². The first kappa shape index (κ1) is 11.3. The first-order chi connectivity index (χ1) is 8.74. The van der Waals surface area contributed by atoms with E-state index in [1.165, 1.54) is 6.07 Å². The van der Waals surface area contributed by atoms with Crippen LogP contribution in [0.25, 0.3) is 0 Å². The highest BCUT2D eigenvalue weighted by molar-refractivity contribution is 7.99. The number of benzene rings is 2. The van der Waals surface area contributed by atoms with E-state index in [1.807, 2.05) is 12.1 Å². The summed E-state index contributed by atoms with van der Waals surface area (Å²) in [5, 5.41) is 0. The van der Waals surface area contributed by atoms with E-state index in [4.69, 9.17) is 9.47 Å². The molecule has 3 rings (SSSR count). The zero-order chi connectivity index (χ0) is 12.5. The van der Waals surface area contributed by atoms with Crippen LogP contribution in [0.3, 0.4) is 0 Å². The Bertz CT molecular complexity index is 564. The highest BCUT2D eigenvalue weighted by atomic mass is 32.2. The van der Waals surface area contributed by atoms with Crippen LogP contribution in [0.5, 0.6) is 11.5 Å². The number of fused-ring (bicyclic) bond motifs is 1. The minimum atomic E-state index is -0.939. The Morgan fingerprint density at radius 3 is 2.39 bits per heavy atom. The molecule has 0 saturated carbocycles.